The Morgan fingerprint density at radius 2 is 1.84 bits per heavy atom. The fourth-order valence-corrected chi connectivity index (χ4v) is 1.65. The Hall–Kier alpha value is -1.79. The van der Waals surface area contributed by atoms with Gasteiger partial charge < -0.3 is 21.5 Å². The van der Waals surface area contributed by atoms with Crippen LogP contribution < -0.4 is 16.4 Å². The van der Waals surface area contributed by atoms with Gasteiger partial charge in [-0.2, -0.15) is 0 Å². The molecule has 0 radical (unpaired) electrons. The summed E-state index contributed by atoms with van der Waals surface area (Å²) in [6.07, 6.45) is 0.601. The molecule has 5 N–H and O–H groups in total. The van der Waals surface area contributed by atoms with E-state index in [-0.39, 0.29) is 12.3 Å². The molecule has 0 aromatic heterocycles. The van der Waals surface area contributed by atoms with E-state index in [9.17, 15) is 14.4 Å². The molecule has 0 aromatic rings. The van der Waals surface area contributed by atoms with Crippen molar-refractivity contribution >= 4 is 17.9 Å². The molecular formula is C12H23N3O4. The van der Waals surface area contributed by atoms with Gasteiger partial charge in [0.2, 0.25) is 5.91 Å². The highest BCUT2D eigenvalue weighted by Gasteiger charge is 2.28. The average Bonchev–Trinajstić information content (AvgIpc) is 2.21. The van der Waals surface area contributed by atoms with E-state index < -0.39 is 29.5 Å². The smallest absolute Gasteiger partial charge is 0.326 e. The van der Waals surface area contributed by atoms with Crippen LogP contribution in [0.2, 0.25) is 0 Å². The third kappa shape index (κ3) is 6.64. The van der Waals surface area contributed by atoms with E-state index in [2.05, 4.69) is 10.6 Å². The normalized spacial score (nSPS) is 14.3. The predicted molar refractivity (Wildman–Crippen MR) is 70.4 cm³/mol. The molecule has 3 amide bonds. The Morgan fingerprint density at radius 1 is 1.32 bits per heavy atom. The minimum absolute atomic E-state index is 0.0263. The Morgan fingerprint density at radius 3 is 2.21 bits per heavy atom. The van der Waals surface area contributed by atoms with Gasteiger partial charge in [-0.05, 0) is 19.8 Å². The number of primary amides is 1. The molecule has 0 heterocycles. The minimum Gasteiger partial charge on any atom is -0.480 e. The minimum atomic E-state index is -1.09. The van der Waals surface area contributed by atoms with Gasteiger partial charge in [0.15, 0.2) is 0 Å². The van der Waals surface area contributed by atoms with Gasteiger partial charge in [0, 0.05) is 12.0 Å². The highest BCUT2D eigenvalue weighted by Crippen LogP contribution is 2.10. The lowest BCUT2D eigenvalue weighted by Crippen LogP contribution is -2.55. The summed E-state index contributed by atoms with van der Waals surface area (Å²) in [7, 11) is 0. The maximum Gasteiger partial charge on any atom is 0.326 e. The first-order valence-corrected chi connectivity index (χ1v) is 6.19. The lowest BCUT2D eigenvalue weighted by Gasteiger charge is -2.27. The average molecular weight is 273 g/mol. The molecule has 0 aliphatic heterocycles. The van der Waals surface area contributed by atoms with E-state index in [1.165, 1.54) is 0 Å². The molecule has 0 aliphatic rings. The van der Waals surface area contributed by atoms with E-state index >= 15 is 0 Å². The maximum atomic E-state index is 11.7. The van der Waals surface area contributed by atoms with Gasteiger partial charge in [0.05, 0.1) is 0 Å². The molecule has 2 atom stereocenters. The number of carboxylic acid groups (broad SMARTS) is 1. The summed E-state index contributed by atoms with van der Waals surface area (Å²) in [6.45, 7) is 6.86. The Balaban J connectivity index is 4.58. The molecule has 0 aromatic carbocycles. The van der Waals surface area contributed by atoms with E-state index in [4.69, 9.17) is 10.8 Å². The fraction of sp³-hybridized carbons (Fsp3) is 0.750. The number of hydrogen-bond acceptors (Lipinski definition) is 3. The van der Waals surface area contributed by atoms with Gasteiger partial charge in [-0.3, -0.25) is 4.79 Å². The molecule has 110 valence electrons. The summed E-state index contributed by atoms with van der Waals surface area (Å²) in [5, 5.41) is 14.0. The molecule has 0 unspecified atom stereocenters. The molecule has 0 aliphatic carbocycles. The van der Waals surface area contributed by atoms with Gasteiger partial charge >= 0.3 is 12.0 Å². The standard InChI is InChI=1S/C12H23N3O4/c1-5-7(2)9(10(17)18)14-11(19)15-12(3,4)6-8(13)16/h7,9H,5-6H2,1-4H3,(H2,13,16)(H,17,18)(H2,14,15,19)/t7-,9-/m0/s1. The van der Waals surface area contributed by atoms with Gasteiger partial charge in [0.25, 0.3) is 0 Å². The number of carbonyl (C=O) groups is 3. The highest BCUT2D eigenvalue weighted by atomic mass is 16.4. The van der Waals surface area contributed by atoms with Crippen molar-refractivity contribution in [2.24, 2.45) is 11.7 Å². The topological polar surface area (TPSA) is 122 Å². The molecule has 0 rings (SSSR count). The molecule has 0 fully saturated rings. The second kappa shape index (κ2) is 6.96. The Labute approximate surface area is 112 Å². The van der Waals surface area contributed by atoms with Crippen molar-refractivity contribution in [3.8, 4) is 0 Å². The molecule has 7 nitrogen and oxygen atoms in total. The summed E-state index contributed by atoms with van der Waals surface area (Å²) in [5.41, 5.74) is 4.24. The zero-order valence-corrected chi connectivity index (χ0v) is 11.8. The first-order valence-electron chi connectivity index (χ1n) is 6.19. The number of urea groups is 1. The van der Waals surface area contributed by atoms with Crippen LogP contribution in [0, 0.1) is 5.92 Å². The first kappa shape index (κ1) is 17.2. The largest absolute Gasteiger partial charge is 0.480 e. The van der Waals surface area contributed by atoms with Crippen LogP contribution in [0.15, 0.2) is 0 Å². The zero-order chi connectivity index (χ0) is 15.2. The van der Waals surface area contributed by atoms with E-state index in [1.807, 2.05) is 6.92 Å². The monoisotopic (exact) mass is 273 g/mol. The number of rotatable bonds is 7. The van der Waals surface area contributed by atoms with Crippen LogP contribution in [0.1, 0.15) is 40.5 Å². The third-order valence-electron chi connectivity index (χ3n) is 2.83. The molecule has 19 heavy (non-hydrogen) atoms. The first-order chi connectivity index (χ1) is 8.59. The van der Waals surface area contributed by atoms with Crippen LogP contribution in [0.5, 0.6) is 0 Å². The number of carbonyl (C=O) groups excluding carboxylic acids is 2. The van der Waals surface area contributed by atoms with Crippen molar-refractivity contribution in [3.05, 3.63) is 0 Å². The van der Waals surface area contributed by atoms with Crippen molar-refractivity contribution in [2.75, 3.05) is 0 Å². The second-order valence-electron chi connectivity index (χ2n) is 5.33. The summed E-state index contributed by atoms with van der Waals surface area (Å²) in [6, 6.07) is -1.59. The van der Waals surface area contributed by atoms with Crippen molar-refractivity contribution < 1.29 is 19.5 Å². The number of nitrogens with one attached hydrogen (secondary N) is 2. The SMILES string of the molecule is CC[C@H](C)[C@H](NC(=O)NC(C)(C)CC(N)=O)C(=O)O. The van der Waals surface area contributed by atoms with Crippen molar-refractivity contribution in [1.82, 2.24) is 10.6 Å². The van der Waals surface area contributed by atoms with Crippen LogP contribution in [0.3, 0.4) is 0 Å². The highest BCUT2D eigenvalue weighted by molar-refractivity contribution is 5.83. The zero-order valence-electron chi connectivity index (χ0n) is 11.8. The fourth-order valence-electron chi connectivity index (χ4n) is 1.65. The van der Waals surface area contributed by atoms with E-state index in [0.29, 0.717) is 6.42 Å². The number of nitrogens with two attached hydrogens (primary N) is 1. The predicted octanol–water partition coefficient (Wildman–Crippen LogP) is 0.439. The summed E-state index contributed by atoms with van der Waals surface area (Å²) in [5.74, 6) is -1.82. The molecule has 0 saturated heterocycles. The van der Waals surface area contributed by atoms with Gasteiger partial charge in [-0.25, -0.2) is 9.59 Å². The van der Waals surface area contributed by atoms with Crippen LogP contribution in [0.25, 0.3) is 0 Å². The van der Waals surface area contributed by atoms with Crippen molar-refractivity contribution in [1.29, 1.82) is 0 Å². The van der Waals surface area contributed by atoms with Crippen LogP contribution >= 0.6 is 0 Å². The van der Waals surface area contributed by atoms with Crippen LogP contribution in [-0.4, -0.2) is 34.6 Å². The quantitative estimate of drug-likeness (QED) is 0.537. The van der Waals surface area contributed by atoms with Gasteiger partial charge in [-0.1, -0.05) is 20.3 Å². The number of hydrogen-bond donors (Lipinski definition) is 4. The molecule has 0 spiro atoms. The Bertz CT molecular complexity index is 355. The number of carboxylic acids is 1. The number of aliphatic carboxylic acids is 1. The van der Waals surface area contributed by atoms with Crippen molar-refractivity contribution in [3.63, 3.8) is 0 Å². The molecular weight excluding hydrogens is 250 g/mol. The van der Waals surface area contributed by atoms with Gasteiger partial charge in [0.1, 0.15) is 6.04 Å². The van der Waals surface area contributed by atoms with E-state index in [1.54, 1.807) is 20.8 Å². The lowest BCUT2D eigenvalue weighted by molar-refractivity contribution is -0.140. The summed E-state index contributed by atoms with van der Waals surface area (Å²) >= 11 is 0. The molecule has 7 heteroatoms. The van der Waals surface area contributed by atoms with Gasteiger partial charge in [-0.15, -0.1) is 0 Å². The summed E-state index contributed by atoms with van der Waals surface area (Å²) < 4.78 is 0. The number of amides is 3. The summed E-state index contributed by atoms with van der Waals surface area (Å²) in [4.78, 5) is 33.6. The van der Waals surface area contributed by atoms with Crippen LogP contribution in [-0.2, 0) is 9.59 Å². The Kier molecular flexibility index (Phi) is 6.31. The van der Waals surface area contributed by atoms with E-state index in [0.717, 1.165) is 0 Å². The second-order valence-corrected chi connectivity index (χ2v) is 5.33. The maximum absolute atomic E-state index is 11.7. The third-order valence-corrected chi connectivity index (χ3v) is 2.83. The van der Waals surface area contributed by atoms with Crippen LogP contribution in [0.4, 0.5) is 4.79 Å². The lowest BCUT2D eigenvalue weighted by atomic mass is 9.99. The molecule has 0 saturated carbocycles. The molecule has 0 bridgehead atoms. The van der Waals surface area contributed by atoms with Crippen molar-refractivity contribution in [2.45, 2.75) is 52.1 Å².